The Morgan fingerprint density at radius 3 is 2.90 bits per heavy atom. The van der Waals surface area contributed by atoms with Crippen LogP contribution in [0.15, 0.2) is 5.38 Å². The summed E-state index contributed by atoms with van der Waals surface area (Å²) in [6.07, 6.45) is -2.66. The van der Waals surface area contributed by atoms with E-state index in [2.05, 4.69) is 9.88 Å². The van der Waals surface area contributed by atoms with Crippen LogP contribution in [0.2, 0.25) is 0 Å². The van der Waals surface area contributed by atoms with Gasteiger partial charge in [0.25, 0.3) is 0 Å². The van der Waals surface area contributed by atoms with E-state index < -0.39 is 18.2 Å². The van der Waals surface area contributed by atoms with Crippen LogP contribution in [0.25, 0.3) is 0 Å². The molecule has 1 aromatic rings. The van der Waals surface area contributed by atoms with Crippen molar-refractivity contribution in [1.29, 1.82) is 0 Å². The quantitative estimate of drug-likeness (QED) is 0.731. The molecule has 2 heterocycles. The number of aromatic nitrogens is 1. The van der Waals surface area contributed by atoms with E-state index in [4.69, 9.17) is 9.47 Å². The minimum atomic E-state index is -1.22. The zero-order valence-electron chi connectivity index (χ0n) is 11.9. The summed E-state index contributed by atoms with van der Waals surface area (Å²) in [7, 11) is 0. The molecule has 1 aromatic heterocycles. The lowest BCUT2D eigenvalue weighted by molar-refractivity contribution is -0.147. The average Bonchev–Trinajstić information content (AvgIpc) is 2.97. The fourth-order valence-electron chi connectivity index (χ4n) is 2.01. The largest absolute Gasteiger partial charge is 0.466 e. The lowest BCUT2D eigenvalue weighted by Gasteiger charge is -2.26. The van der Waals surface area contributed by atoms with Crippen LogP contribution >= 0.6 is 11.3 Å². The van der Waals surface area contributed by atoms with Crippen LogP contribution in [0.4, 0.5) is 5.13 Å². The first-order valence-corrected chi connectivity index (χ1v) is 7.79. The van der Waals surface area contributed by atoms with Gasteiger partial charge in [0.05, 0.1) is 38.0 Å². The molecule has 0 spiro atoms. The highest BCUT2D eigenvalue weighted by atomic mass is 32.1. The van der Waals surface area contributed by atoms with Crippen molar-refractivity contribution in [3.05, 3.63) is 11.1 Å². The van der Waals surface area contributed by atoms with Crippen LogP contribution in [0.3, 0.4) is 0 Å². The van der Waals surface area contributed by atoms with Crippen molar-refractivity contribution in [2.24, 2.45) is 0 Å². The molecule has 2 N–H and O–H groups in total. The van der Waals surface area contributed by atoms with E-state index in [1.165, 1.54) is 11.3 Å². The van der Waals surface area contributed by atoms with Gasteiger partial charge in [-0.3, -0.25) is 4.79 Å². The Kier molecular flexibility index (Phi) is 5.92. The summed E-state index contributed by atoms with van der Waals surface area (Å²) in [5, 5.41) is 22.4. The highest BCUT2D eigenvalue weighted by Gasteiger charge is 2.25. The summed E-state index contributed by atoms with van der Waals surface area (Å²) in [6, 6.07) is 0. The van der Waals surface area contributed by atoms with Crippen LogP contribution in [-0.2, 0) is 14.3 Å². The molecule has 1 saturated heterocycles. The van der Waals surface area contributed by atoms with Gasteiger partial charge in [-0.25, -0.2) is 4.98 Å². The van der Waals surface area contributed by atoms with Crippen LogP contribution in [0, 0.1) is 0 Å². The van der Waals surface area contributed by atoms with Crippen LogP contribution in [-0.4, -0.2) is 60.2 Å². The topological polar surface area (TPSA) is 92.1 Å². The SMILES string of the molecule is CCOC(=O)CC(O)C(O)c1csc(N2CCOCC2)n1. The summed E-state index contributed by atoms with van der Waals surface area (Å²) in [4.78, 5) is 17.7. The number of esters is 1. The predicted octanol–water partition coefficient (Wildman–Crippen LogP) is 0.327. The molecule has 0 bridgehead atoms. The number of hydrogen-bond acceptors (Lipinski definition) is 8. The molecule has 0 amide bonds. The first-order valence-electron chi connectivity index (χ1n) is 6.91. The van der Waals surface area contributed by atoms with E-state index in [-0.39, 0.29) is 13.0 Å². The van der Waals surface area contributed by atoms with E-state index in [0.717, 1.165) is 18.2 Å². The number of carbonyl (C=O) groups excluding carboxylic acids is 1. The van der Waals surface area contributed by atoms with Gasteiger partial charge in [0.2, 0.25) is 0 Å². The Morgan fingerprint density at radius 1 is 1.52 bits per heavy atom. The molecule has 2 rings (SSSR count). The van der Waals surface area contributed by atoms with E-state index >= 15 is 0 Å². The highest BCUT2D eigenvalue weighted by molar-refractivity contribution is 7.13. The number of ether oxygens (including phenoxy) is 2. The first kappa shape index (κ1) is 16.2. The Bertz CT molecular complexity index is 461. The molecule has 1 fully saturated rings. The molecule has 1 aliphatic heterocycles. The monoisotopic (exact) mass is 316 g/mol. The van der Waals surface area contributed by atoms with Gasteiger partial charge in [0, 0.05) is 18.5 Å². The molecule has 21 heavy (non-hydrogen) atoms. The number of rotatable bonds is 6. The van der Waals surface area contributed by atoms with Crippen molar-refractivity contribution in [3.8, 4) is 0 Å². The molecule has 2 unspecified atom stereocenters. The number of carbonyl (C=O) groups is 1. The van der Waals surface area contributed by atoms with Crippen LogP contribution < -0.4 is 4.90 Å². The zero-order valence-corrected chi connectivity index (χ0v) is 12.7. The van der Waals surface area contributed by atoms with E-state index in [1.807, 2.05) is 0 Å². The molecule has 0 aliphatic carbocycles. The molecule has 0 radical (unpaired) electrons. The Morgan fingerprint density at radius 2 is 2.24 bits per heavy atom. The van der Waals surface area contributed by atoms with Gasteiger partial charge in [-0.1, -0.05) is 0 Å². The average molecular weight is 316 g/mol. The van der Waals surface area contributed by atoms with Gasteiger partial charge in [-0.2, -0.15) is 0 Å². The third kappa shape index (κ3) is 4.37. The van der Waals surface area contributed by atoms with Crippen LogP contribution in [0.5, 0.6) is 0 Å². The van der Waals surface area contributed by atoms with Crippen molar-refractivity contribution in [2.75, 3.05) is 37.8 Å². The summed E-state index contributed by atoms with van der Waals surface area (Å²) in [5.74, 6) is -0.535. The van der Waals surface area contributed by atoms with Gasteiger partial charge >= 0.3 is 5.97 Å². The summed E-state index contributed by atoms with van der Waals surface area (Å²) in [5.41, 5.74) is 0.373. The second-order valence-corrected chi connectivity index (χ2v) is 5.51. The van der Waals surface area contributed by atoms with Gasteiger partial charge in [-0.15, -0.1) is 11.3 Å². The maximum atomic E-state index is 11.3. The first-order chi connectivity index (χ1) is 10.1. The molecule has 8 heteroatoms. The van der Waals surface area contributed by atoms with Crippen LogP contribution in [0.1, 0.15) is 25.1 Å². The van der Waals surface area contributed by atoms with Gasteiger partial charge in [0.1, 0.15) is 6.10 Å². The van der Waals surface area contributed by atoms with E-state index in [9.17, 15) is 15.0 Å². The zero-order chi connectivity index (χ0) is 15.2. The summed E-state index contributed by atoms with van der Waals surface area (Å²) < 4.78 is 10.0. The Labute approximate surface area is 127 Å². The smallest absolute Gasteiger partial charge is 0.308 e. The third-order valence-corrected chi connectivity index (χ3v) is 4.06. The number of aliphatic hydroxyl groups excluding tert-OH is 2. The number of hydrogen-bond donors (Lipinski definition) is 2. The molecule has 0 saturated carbocycles. The lowest BCUT2D eigenvalue weighted by atomic mass is 10.1. The minimum absolute atomic E-state index is 0.250. The fraction of sp³-hybridized carbons (Fsp3) is 0.692. The fourth-order valence-corrected chi connectivity index (χ4v) is 2.92. The van der Waals surface area contributed by atoms with Crippen molar-refractivity contribution < 1.29 is 24.5 Å². The summed E-state index contributed by atoms with van der Waals surface area (Å²) in [6.45, 7) is 4.77. The molecular weight excluding hydrogens is 296 g/mol. The van der Waals surface area contributed by atoms with E-state index in [0.29, 0.717) is 18.9 Å². The number of anilines is 1. The molecular formula is C13H20N2O5S. The number of aliphatic hydroxyl groups is 2. The normalized spacial score (nSPS) is 18.3. The highest BCUT2D eigenvalue weighted by Crippen LogP contribution is 2.27. The number of nitrogens with zero attached hydrogens (tertiary/aromatic N) is 2. The molecule has 0 aromatic carbocycles. The number of morpholine rings is 1. The van der Waals surface area contributed by atoms with Gasteiger partial charge < -0.3 is 24.6 Å². The maximum absolute atomic E-state index is 11.3. The molecule has 1 aliphatic rings. The van der Waals surface area contributed by atoms with E-state index in [1.54, 1.807) is 12.3 Å². The molecule has 118 valence electrons. The standard InChI is InChI=1S/C13H20N2O5S/c1-2-20-11(17)7-10(16)12(18)9-8-21-13(14-9)15-3-5-19-6-4-15/h8,10,12,16,18H,2-7H2,1H3. The predicted molar refractivity (Wildman–Crippen MR) is 77.4 cm³/mol. The number of thiazole rings is 1. The van der Waals surface area contributed by atoms with Crippen molar-refractivity contribution >= 4 is 22.4 Å². The lowest BCUT2D eigenvalue weighted by Crippen LogP contribution is -2.36. The summed E-state index contributed by atoms with van der Waals surface area (Å²) >= 11 is 1.40. The van der Waals surface area contributed by atoms with Crippen molar-refractivity contribution in [2.45, 2.75) is 25.6 Å². The Hall–Kier alpha value is -1.22. The van der Waals surface area contributed by atoms with Crippen molar-refractivity contribution in [3.63, 3.8) is 0 Å². The molecule has 2 atom stereocenters. The Balaban J connectivity index is 1.94. The second kappa shape index (κ2) is 7.69. The van der Waals surface area contributed by atoms with Gasteiger partial charge in [0.15, 0.2) is 5.13 Å². The maximum Gasteiger partial charge on any atom is 0.308 e. The third-order valence-electron chi connectivity index (χ3n) is 3.14. The van der Waals surface area contributed by atoms with Crippen molar-refractivity contribution in [1.82, 2.24) is 4.98 Å². The minimum Gasteiger partial charge on any atom is -0.466 e. The molecule has 7 nitrogen and oxygen atoms in total. The second-order valence-electron chi connectivity index (χ2n) is 4.68. The van der Waals surface area contributed by atoms with Gasteiger partial charge in [-0.05, 0) is 6.92 Å².